The minimum atomic E-state index is -0.925. The van der Waals surface area contributed by atoms with Crippen molar-refractivity contribution in [2.75, 3.05) is 5.32 Å². The number of aromatic carboxylic acids is 1. The first-order valence-electron chi connectivity index (χ1n) is 7.64. The Kier molecular flexibility index (Phi) is 3.39. The van der Waals surface area contributed by atoms with Crippen molar-refractivity contribution in [2.24, 2.45) is 0 Å². The van der Waals surface area contributed by atoms with Crippen LogP contribution < -0.4 is 5.32 Å². The van der Waals surface area contributed by atoms with Gasteiger partial charge in [0.2, 0.25) is 0 Å². The van der Waals surface area contributed by atoms with Crippen molar-refractivity contribution in [1.29, 1.82) is 0 Å². The van der Waals surface area contributed by atoms with Gasteiger partial charge in [-0.05, 0) is 47.2 Å². The van der Waals surface area contributed by atoms with Crippen LogP contribution in [0.3, 0.4) is 0 Å². The highest BCUT2D eigenvalue weighted by atomic mass is 16.4. The molecule has 0 fully saturated rings. The molecule has 3 aromatic carbocycles. The van der Waals surface area contributed by atoms with Gasteiger partial charge >= 0.3 is 5.97 Å². The zero-order valence-corrected chi connectivity index (χ0v) is 12.8. The Morgan fingerprint density at radius 3 is 2.46 bits per heavy atom. The quantitative estimate of drug-likeness (QED) is 0.531. The number of rotatable bonds is 4. The fourth-order valence-corrected chi connectivity index (χ4v) is 2.75. The third-order valence-corrected chi connectivity index (χ3v) is 3.99. The molecule has 5 nitrogen and oxygen atoms in total. The predicted molar refractivity (Wildman–Crippen MR) is 94.3 cm³/mol. The summed E-state index contributed by atoms with van der Waals surface area (Å²) < 4.78 is 0. The Morgan fingerprint density at radius 1 is 1.04 bits per heavy atom. The monoisotopic (exact) mass is 317 g/mol. The molecule has 4 aromatic rings. The number of nitrogens with one attached hydrogen (secondary N) is 2. The van der Waals surface area contributed by atoms with E-state index in [9.17, 15) is 4.79 Å². The van der Waals surface area contributed by atoms with Crippen LogP contribution in [0.25, 0.3) is 21.8 Å². The van der Waals surface area contributed by atoms with Crippen molar-refractivity contribution in [3.8, 4) is 0 Å². The predicted octanol–water partition coefficient (Wildman–Crippen LogP) is 4.03. The van der Waals surface area contributed by atoms with Crippen molar-refractivity contribution >= 4 is 33.5 Å². The molecule has 1 heterocycles. The second-order valence-electron chi connectivity index (χ2n) is 5.64. The number of aromatic nitrogens is 2. The number of carbonyl (C=O) groups is 1. The summed E-state index contributed by atoms with van der Waals surface area (Å²) in [6.45, 7) is 0.539. The molecule has 0 atom stereocenters. The van der Waals surface area contributed by atoms with Gasteiger partial charge in [-0.15, -0.1) is 0 Å². The molecule has 5 heteroatoms. The van der Waals surface area contributed by atoms with Gasteiger partial charge in [0.15, 0.2) is 0 Å². The van der Waals surface area contributed by atoms with Gasteiger partial charge in [0, 0.05) is 5.69 Å². The summed E-state index contributed by atoms with van der Waals surface area (Å²) in [5.74, 6) is -0.0893. The SMILES string of the molecule is O=C(O)c1ccc(NCc2nc3cc4ccccc4cc3[nH]2)cc1. The van der Waals surface area contributed by atoms with E-state index < -0.39 is 5.97 Å². The smallest absolute Gasteiger partial charge is 0.335 e. The second kappa shape index (κ2) is 5.70. The number of anilines is 1. The van der Waals surface area contributed by atoms with E-state index in [4.69, 9.17) is 5.11 Å². The molecule has 0 amide bonds. The molecule has 118 valence electrons. The highest BCUT2D eigenvalue weighted by molar-refractivity contribution is 5.95. The summed E-state index contributed by atoms with van der Waals surface area (Å²) >= 11 is 0. The molecule has 0 aliphatic heterocycles. The number of H-pyrrole nitrogens is 1. The van der Waals surface area contributed by atoms with Gasteiger partial charge in [-0.3, -0.25) is 0 Å². The molecule has 0 aliphatic rings. The molecule has 4 rings (SSSR count). The third-order valence-electron chi connectivity index (χ3n) is 3.99. The number of hydrogen-bond donors (Lipinski definition) is 3. The van der Waals surface area contributed by atoms with Gasteiger partial charge in [-0.25, -0.2) is 9.78 Å². The minimum Gasteiger partial charge on any atom is -0.478 e. The van der Waals surface area contributed by atoms with E-state index in [0.717, 1.165) is 22.5 Å². The lowest BCUT2D eigenvalue weighted by Gasteiger charge is -2.04. The summed E-state index contributed by atoms with van der Waals surface area (Å²) in [6.07, 6.45) is 0. The Bertz CT molecular complexity index is 983. The number of imidazole rings is 1. The number of hydrogen-bond acceptors (Lipinski definition) is 3. The molecule has 0 saturated carbocycles. The van der Waals surface area contributed by atoms with Crippen molar-refractivity contribution < 1.29 is 9.90 Å². The molecule has 0 unspecified atom stereocenters. The van der Waals surface area contributed by atoms with Crippen LogP contribution in [0.2, 0.25) is 0 Å². The van der Waals surface area contributed by atoms with Gasteiger partial charge in [-0.1, -0.05) is 24.3 Å². The maximum atomic E-state index is 10.9. The van der Waals surface area contributed by atoms with Crippen LogP contribution in [0.5, 0.6) is 0 Å². The van der Waals surface area contributed by atoms with E-state index in [2.05, 4.69) is 39.6 Å². The number of nitrogens with zero attached hydrogens (tertiary/aromatic N) is 1. The lowest BCUT2D eigenvalue weighted by atomic mass is 10.1. The van der Waals surface area contributed by atoms with Crippen LogP contribution >= 0.6 is 0 Å². The molecule has 1 aromatic heterocycles. The van der Waals surface area contributed by atoms with Crippen LogP contribution in [0.15, 0.2) is 60.7 Å². The molecule has 0 saturated heterocycles. The van der Waals surface area contributed by atoms with Crippen molar-refractivity contribution in [2.45, 2.75) is 6.54 Å². The third kappa shape index (κ3) is 2.67. The van der Waals surface area contributed by atoms with Gasteiger partial charge < -0.3 is 15.4 Å². The molecule has 3 N–H and O–H groups in total. The minimum absolute atomic E-state index is 0.274. The summed E-state index contributed by atoms with van der Waals surface area (Å²) in [5.41, 5.74) is 3.07. The topological polar surface area (TPSA) is 78.0 Å². The van der Waals surface area contributed by atoms with Gasteiger partial charge in [0.25, 0.3) is 0 Å². The molecule has 24 heavy (non-hydrogen) atoms. The highest BCUT2D eigenvalue weighted by Crippen LogP contribution is 2.21. The first-order valence-corrected chi connectivity index (χ1v) is 7.64. The molecule has 0 aliphatic carbocycles. The Balaban J connectivity index is 1.56. The zero-order valence-electron chi connectivity index (χ0n) is 12.8. The van der Waals surface area contributed by atoms with E-state index in [-0.39, 0.29) is 5.56 Å². The Labute approximate surface area is 138 Å². The maximum Gasteiger partial charge on any atom is 0.335 e. The average Bonchev–Trinajstić information content (AvgIpc) is 3.00. The number of carboxylic acid groups (broad SMARTS) is 1. The van der Waals surface area contributed by atoms with Gasteiger partial charge in [0.05, 0.1) is 23.1 Å². The number of fused-ring (bicyclic) bond motifs is 2. The lowest BCUT2D eigenvalue weighted by molar-refractivity contribution is 0.0697. The molecule has 0 bridgehead atoms. The summed E-state index contributed by atoms with van der Waals surface area (Å²) in [7, 11) is 0. The second-order valence-corrected chi connectivity index (χ2v) is 5.64. The van der Waals surface area contributed by atoms with E-state index in [1.165, 1.54) is 10.8 Å². The highest BCUT2D eigenvalue weighted by Gasteiger charge is 2.05. The normalized spacial score (nSPS) is 11.0. The number of benzene rings is 3. The molecule has 0 spiro atoms. The van der Waals surface area contributed by atoms with Crippen molar-refractivity contribution in [3.63, 3.8) is 0 Å². The fourth-order valence-electron chi connectivity index (χ4n) is 2.75. The van der Waals surface area contributed by atoms with Crippen molar-refractivity contribution in [1.82, 2.24) is 9.97 Å². The largest absolute Gasteiger partial charge is 0.478 e. The summed E-state index contributed by atoms with van der Waals surface area (Å²) in [5, 5.41) is 14.5. The van der Waals surface area contributed by atoms with Crippen LogP contribution in [-0.2, 0) is 6.54 Å². The first kappa shape index (κ1) is 14.3. The van der Waals surface area contributed by atoms with E-state index in [1.807, 2.05) is 12.1 Å². The van der Waals surface area contributed by atoms with Gasteiger partial charge in [0.1, 0.15) is 5.82 Å². The van der Waals surface area contributed by atoms with Crippen LogP contribution in [0.4, 0.5) is 5.69 Å². The van der Waals surface area contributed by atoms with Crippen LogP contribution in [0.1, 0.15) is 16.2 Å². The van der Waals surface area contributed by atoms with E-state index in [1.54, 1.807) is 24.3 Å². The first-order chi connectivity index (χ1) is 11.7. The summed E-state index contributed by atoms with van der Waals surface area (Å²) in [4.78, 5) is 18.8. The summed E-state index contributed by atoms with van der Waals surface area (Å²) in [6, 6.07) is 19.0. The van der Waals surface area contributed by atoms with Crippen LogP contribution in [-0.4, -0.2) is 21.0 Å². The molecular formula is C19H15N3O2. The average molecular weight is 317 g/mol. The molecule has 0 radical (unpaired) electrons. The van der Waals surface area contributed by atoms with Gasteiger partial charge in [-0.2, -0.15) is 0 Å². The lowest BCUT2D eigenvalue weighted by Crippen LogP contribution is -2.02. The van der Waals surface area contributed by atoms with E-state index >= 15 is 0 Å². The Hall–Kier alpha value is -3.34. The number of carboxylic acids is 1. The Morgan fingerprint density at radius 2 is 1.75 bits per heavy atom. The maximum absolute atomic E-state index is 10.9. The zero-order chi connectivity index (χ0) is 16.5. The van der Waals surface area contributed by atoms with E-state index in [0.29, 0.717) is 6.54 Å². The van der Waals surface area contributed by atoms with Crippen molar-refractivity contribution in [3.05, 3.63) is 72.1 Å². The molecular weight excluding hydrogens is 302 g/mol. The van der Waals surface area contributed by atoms with Crippen LogP contribution in [0, 0.1) is 0 Å². The fraction of sp³-hybridized carbons (Fsp3) is 0.0526. The standard InChI is InChI=1S/C19H15N3O2/c23-19(24)12-5-7-15(8-6-12)20-11-18-21-16-9-13-3-1-2-4-14(13)10-17(16)22-18/h1-10,20H,11H2,(H,21,22)(H,23,24). The number of aromatic amines is 1.